The maximum Gasteiger partial charge on any atom is 0.242 e. The molecule has 3 fully saturated rings. The molecule has 5 heterocycles. The highest BCUT2D eigenvalue weighted by molar-refractivity contribution is 7.22. The van der Waals surface area contributed by atoms with E-state index in [0.717, 1.165) is 31.5 Å². The van der Waals surface area contributed by atoms with E-state index in [1.54, 1.807) is 26.1 Å². The lowest BCUT2D eigenvalue weighted by Gasteiger charge is -2.49. The summed E-state index contributed by atoms with van der Waals surface area (Å²) in [5.41, 5.74) is 0.958. The predicted octanol–water partition coefficient (Wildman–Crippen LogP) is 7.60. The highest BCUT2D eigenvalue weighted by Gasteiger charge is 2.68. The SMILES string of the molecule is Cc1c(-c2cc(N3C(=O)[C@@H]4C[C@@H]5C(=CC[C@@H]6C(=O)N(Cc7cccs7)C(=O)[C@@H]65)[C@H](c5cccc(F)c5O)[C@]4(C)C3=O)n(C)n2)sc2ccc(Cl)cc12. The number of rotatable bonds is 5. The lowest BCUT2D eigenvalue weighted by Crippen LogP contribution is -2.49. The number of amides is 4. The number of anilines is 1. The minimum atomic E-state index is -1.45. The van der Waals surface area contributed by atoms with Gasteiger partial charge in [0.1, 0.15) is 11.5 Å². The molecule has 3 aromatic heterocycles. The molecule has 4 amide bonds. The number of likely N-dealkylation sites (tertiary alicyclic amines) is 1. The van der Waals surface area contributed by atoms with Crippen LogP contribution in [-0.2, 0) is 32.8 Å². The topological polar surface area (TPSA) is 113 Å². The van der Waals surface area contributed by atoms with Crippen LogP contribution in [0.1, 0.15) is 41.7 Å². The smallest absolute Gasteiger partial charge is 0.242 e. The first-order chi connectivity index (χ1) is 24.9. The van der Waals surface area contributed by atoms with Gasteiger partial charge in [0.15, 0.2) is 11.6 Å². The Morgan fingerprint density at radius 1 is 1.04 bits per heavy atom. The van der Waals surface area contributed by atoms with Crippen LogP contribution in [0.2, 0.25) is 5.02 Å². The van der Waals surface area contributed by atoms with Gasteiger partial charge in [0, 0.05) is 39.2 Å². The molecule has 52 heavy (non-hydrogen) atoms. The zero-order chi connectivity index (χ0) is 36.4. The molecule has 5 aromatic rings. The van der Waals surface area contributed by atoms with E-state index in [9.17, 15) is 24.3 Å². The third-order valence-electron chi connectivity index (χ3n) is 11.8. The third kappa shape index (κ3) is 4.53. The Labute approximate surface area is 310 Å². The minimum Gasteiger partial charge on any atom is -0.505 e. The van der Waals surface area contributed by atoms with Crippen LogP contribution in [-0.4, -0.2) is 43.4 Å². The molecular weight excluding hydrogens is 723 g/mol. The molecule has 6 atom stereocenters. The van der Waals surface area contributed by atoms with Crippen molar-refractivity contribution >= 4 is 73.8 Å². The van der Waals surface area contributed by atoms with Crippen LogP contribution in [0.15, 0.2) is 71.6 Å². The molecule has 0 spiro atoms. The van der Waals surface area contributed by atoms with Crippen molar-refractivity contribution in [3.8, 4) is 16.3 Å². The van der Waals surface area contributed by atoms with E-state index in [1.165, 1.54) is 43.2 Å². The number of thiophene rings is 2. The van der Waals surface area contributed by atoms with E-state index in [-0.39, 0.29) is 42.6 Å². The number of phenolic OH excluding ortho intramolecular Hbond substituents is 1. The van der Waals surface area contributed by atoms with Gasteiger partial charge in [-0.3, -0.25) is 28.8 Å². The van der Waals surface area contributed by atoms with Crippen LogP contribution in [0.3, 0.4) is 0 Å². The standard InChI is InChI=1S/C39H32ClFN4O5S2/c1-18-24-14-19(40)9-12-29(24)52-34(18)28-16-30(43(3)42-28)45-36(48)26-15-25-21(32(39(26,2)38(45)50)23-7-4-8-27(41)33(23)46)10-11-22-31(25)37(49)44(35(22)47)17-20-6-5-13-51-20/h4-10,12-14,16,22,25-26,31-32,46H,11,15,17H2,1-3H3/t22-,25+,26-,31-,32+,39+/m0/s1. The van der Waals surface area contributed by atoms with E-state index in [1.807, 2.05) is 48.7 Å². The highest BCUT2D eigenvalue weighted by atomic mass is 35.5. The van der Waals surface area contributed by atoms with Crippen LogP contribution in [0, 0.1) is 41.8 Å². The number of carbonyl (C=O) groups excluding carboxylic acids is 4. The van der Waals surface area contributed by atoms with Gasteiger partial charge in [-0.15, -0.1) is 22.7 Å². The minimum absolute atomic E-state index is 0.143. The van der Waals surface area contributed by atoms with Crippen LogP contribution in [0.25, 0.3) is 20.7 Å². The fraction of sp³-hybridized carbons (Fsp3) is 0.308. The second kappa shape index (κ2) is 11.7. The lowest BCUT2D eigenvalue weighted by atomic mass is 9.51. The normalized spacial score (nSPS) is 27.0. The molecule has 0 radical (unpaired) electrons. The van der Waals surface area contributed by atoms with E-state index < -0.39 is 58.4 Å². The number of carbonyl (C=O) groups is 4. The van der Waals surface area contributed by atoms with E-state index >= 15 is 4.39 Å². The fourth-order valence-electron chi connectivity index (χ4n) is 9.34. The van der Waals surface area contributed by atoms with Crippen molar-refractivity contribution in [2.24, 2.45) is 36.1 Å². The largest absolute Gasteiger partial charge is 0.505 e. The monoisotopic (exact) mass is 754 g/mol. The fourth-order valence-corrected chi connectivity index (χ4v) is 11.3. The predicted molar refractivity (Wildman–Crippen MR) is 196 cm³/mol. The molecule has 264 valence electrons. The first-order valence-electron chi connectivity index (χ1n) is 17.1. The maximum absolute atomic E-state index is 15.1. The summed E-state index contributed by atoms with van der Waals surface area (Å²) < 4.78 is 17.6. The highest BCUT2D eigenvalue weighted by Crippen LogP contribution is 2.64. The van der Waals surface area contributed by atoms with Crippen molar-refractivity contribution in [2.45, 2.75) is 39.2 Å². The summed E-state index contributed by atoms with van der Waals surface area (Å²) in [7, 11) is 1.68. The second-order valence-corrected chi connectivity index (χ2v) is 16.9. The molecule has 9 nitrogen and oxygen atoms in total. The number of aryl methyl sites for hydroxylation is 2. The van der Waals surface area contributed by atoms with Gasteiger partial charge in [-0.2, -0.15) is 5.10 Å². The molecule has 2 aliphatic carbocycles. The van der Waals surface area contributed by atoms with E-state index in [0.29, 0.717) is 16.3 Å². The number of benzene rings is 2. The third-order valence-corrected chi connectivity index (χ3v) is 14.2. The van der Waals surface area contributed by atoms with Crippen molar-refractivity contribution < 1.29 is 28.7 Å². The van der Waals surface area contributed by atoms with Gasteiger partial charge in [0.05, 0.1) is 34.6 Å². The zero-order valence-electron chi connectivity index (χ0n) is 28.3. The summed E-state index contributed by atoms with van der Waals surface area (Å²) in [6, 6.07) is 15.3. The van der Waals surface area contributed by atoms with Crippen molar-refractivity contribution in [1.29, 1.82) is 0 Å². The van der Waals surface area contributed by atoms with E-state index in [4.69, 9.17) is 16.7 Å². The van der Waals surface area contributed by atoms with Crippen LogP contribution < -0.4 is 4.90 Å². The molecule has 2 saturated heterocycles. The molecule has 1 N–H and O–H groups in total. The number of allylic oxidation sites excluding steroid dienone is 2. The Hall–Kier alpha value is -4.65. The van der Waals surface area contributed by atoms with Gasteiger partial charge in [0.2, 0.25) is 23.6 Å². The second-order valence-electron chi connectivity index (χ2n) is 14.4. The van der Waals surface area contributed by atoms with Gasteiger partial charge in [-0.1, -0.05) is 41.4 Å². The van der Waals surface area contributed by atoms with Crippen molar-refractivity contribution in [2.75, 3.05) is 4.90 Å². The Kier molecular flexibility index (Phi) is 7.46. The molecule has 4 aliphatic rings. The summed E-state index contributed by atoms with van der Waals surface area (Å²) >= 11 is 9.29. The number of aromatic nitrogens is 2. The Bertz CT molecular complexity index is 2420. The lowest BCUT2D eigenvalue weighted by molar-refractivity contribution is -0.141. The summed E-state index contributed by atoms with van der Waals surface area (Å²) in [6.45, 7) is 3.86. The van der Waals surface area contributed by atoms with Gasteiger partial charge in [-0.25, -0.2) is 9.29 Å². The zero-order valence-corrected chi connectivity index (χ0v) is 30.7. The number of imide groups is 2. The quantitative estimate of drug-likeness (QED) is 0.146. The van der Waals surface area contributed by atoms with Gasteiger partial charge in [0.25, 0.3) is 0 Å². The molecule has 2 aromatic carbocycles. The molecule has 0 unspecified atom stereocenters. The van der Waals surface area contributed by atoms with E-state index in [2.05, 4.69) is 0 Å². The summed E-state index contributed by atoms with van der Waals surface area (Å²) in [5, 5.41) is 19.4. The number of fused-ring (bicyclic) bond motifs is 5. The average Bonchev–Trinajstić information content (AvgIpc) is 3.92. The molecule has 9 rings (SSSR count). The van der Waals surface area contributed by atoms with Crippen molar-refractivity contribution in [3.63, 3.8) is 0 Å². The first-order valence-corrected chi connectivity index (χ1v) is 19.1. The van der Waals surface area contributed by atoms with Crippen LogP contribution in [0.5, 0.6) is 5.75 Å². The number of halogens is 2. The number of aromatic hydroxyl groups is 1. The molecule has 0 bridgehead atoms. The molecular formula is C39H32ClFN4O5S2. The van der Waals surface area contributed by atoms with Gasteiger partial charge in [-0.05, 0) is 79.3 Å². The molecule has 2 aliphatic heterocycles. The van der Waals surface area contributed by atoms with Crippen LogP contribution >= 0.6 is 34.3 Å². The average molecular weight is 755 g/mol. The summed E-state index contributed by atoms with van der Waals surface area (Å²) in [6.07, 6.45) is 2.29. The number of hydrogen-bond acceptors (Lipinski definition) is 8. The first kappa shape index (κ1) is 33.2. The number of para-hydroxylation sites is 1. The molecule has 13 heteroatoms. The van der Waals surface area contributed by atoms with Crippen LogP contribution in [0.4, 0.5) is 10.2 Å². The van der Waals surface area contributed by atoms with Crippen molar-refractivity contribution in [1.82, 2.24) is 14.7 Å². The maximum atomic E-state index is 15.1. The number of phenols is 1. The summed E-state index contributed by atoms with van der Waals surface area (Å²) in [4.78, 5) is 61.9. The van der Waals surface area contributed by atoms with Crippen molar-refractivity contribution in [3.05, 3.63) is 98.5 Å². The Morgan fingerprint density at radius 2 is 1.85 bits per heavy atom. The Morgan fingerprint density at radius 3 is 2.62 bits per heavy atom. The van der Waals surface area contributed by atoms with Gasteiger partial charge < -0.3 is 5.11 Å². The number of hydrogen-bond donors (Lipinski definition) is 1. The number of nitrogens with zero attached hydrogens (tertiary/aromatic N) is 4. The molecule has 1 saturated carbocycles. The van der Waals surface area contributed by atoms with Gasteiger partial charge >= 0.3 is 0 Å². The Balaban J connectivity index is 1.15. The summed E-state index contributed by atoms with van der Waals surface area (Å²) in [5.74, 6) is -6.53.